The van der Waals surface area contributed by atoms with Gasteiger partial charge in [-0.25, -0.2) is 4.79 Å². The summed E-state index contributed by atoms with van der Waals surface area (Å²) in [6.45, 7) is 3.75. The fourth-order valence-corrected chi connectivity index (χ4v) is 3.75. The van der Waals surface area contributed by atoms with Crippen molar-refractivity contribution in [2.75, 3.05) is 25.1 Å². The summed E-state index contributed by atoms with van der Waals surface area (Å²) in [4.78, 5) is 12.5. The first-order valence-electron chi connectivity index (χ1n) is 10.8. The van der Waals surface area contributed by atoms with E-state index in [1.807, 2.05) is 54.6 Å². The van der Waals surface area contributed by atoms with Crippen LogP contribution in [-0.2, 0) is 9.47 Å². The van der Waals surface area contributed by atoms with Crippen molar-refractivity contribution in [2.45, 2.75) is 38.0 Å². The van der Waals surface area contributed by atoms with Crippen molar-refractivity contribution in [3.8, 4) is 17.6 Å². The largest absolute Gasteiger partial charge is 0.494 e. The van der Waals surface area contributed by atoms with Crippen LogP contribution in [0.2, 0.25) is 0 Å². The van der Waals surface area contributed by atoms with E-state index >= 15 is 0 Å². The van der Waals surface area contributed by atoms with E-state index in [4.69, 9.17) is 14.2 Å². The topological polar surface area (TPSA) is 68.8 Å². The molecule has 4 atom stereocenters. The van der Waals surface area contributed by atoms with E-state index in [0.717, 1.165) is 24.2 Å². The molecule has 6 heteroatoms. The molecule has 2 saturated heterocycles. The molecule has 2 aromatic rings. The van der Waals surface area contributed by atoms with Gasteiger partial charge in [0.1, 0.15) is 18.0 Å². The highest BCUT2D eigenvalue weighted by atomic mass is 16.6. The molecule has 2 aromatic carbocycles. The lowest BCUT2D eigenvalue weighted by Gasteiger charge is -2.18. The second-order valence-corrected chi connectivity index (χ2v) is 7.77. The number of amides is 2. The molecule has 2 aliphatic heterocycles. The van der Waals surface area contributed by atoms with E-state index in [2.05, 4.69) is 29.4 Å². The van der Waals surface area contributed by atoms with Crippen molar-refractivity contribution < 1.29 is 19.0 Å². The van der Waals surface area contributed by atoms with Crippen LogP contribution in [0.1, 0.15) is 25.3 Å². The summed E-state index contributed by atoms with van der Waals surface area (Å²) >= 11 is 0. The lowest BCUT2D eigenvalue weighted by molar-refractivity contribution is 0.0666. The first kappa shape index (κ1) is 21.2. The molecule has 31 heavy (non-hydrogen) atoms. The molecule has 162 valence electrons. The number of urea groups is 1. The lowest BCUT2D eigenvalue weighted by Crippen LogP contribution is -2.45. The highest BCUT2D eigenvalue weighted by Crippen LogP contribution is 2.31. The van der Waals surface area contributed by atoms with Crippen molar-refractivity contribution in [2.24, 2.45) is 5.92 Å². The lowest BCUT2D eigenvalue weighted by atomic mass is 10.0. The van der Waals surface area contributed by atoms with Crippen molar-refractivity contribution in [1.82, 2.24) is 5.32 Å². The number of carbonyl (C=O) groups excluding carboxylic acids is 1. The van der Waals surface area contributed by atoms with Crippen molar-refractivity contribution in [3.63, 3.8) is 0 Å². The number of benzene rings is 2. The molecule has 0 bridgehead atoms. The highest BCUT2D eigenvalue weighted by molar-refractivity contribution is 5.89. The van der Waals surface area contributed by atoms with Gasteiger partial charge in [0.25, 0.3) is 0 Å². The third kappa shape index (κ3) is 5.57. The molecule has 6 nitrogen and oxygen atoms in total. The van der Waals surface area contributed by atoms with Gasteiger partial charge in [-0.2, -0.15) is 0 Å². The molecule has 0 radical (unpaired) electrons. The zero-order valence-electron chi connectivity index (χ0n) is 17.7. The monoisotopic (exact) mass is 420 g/mol. The van der Waals surface area contributed by atoms with E-state index in [9.17, 15) is 4.79 Å². The molecule has 0 aromatic heterocycles. The van der Waals surface area contributed by atoms with Crippen LogP contribution in [0.5, 0.6) is 5.75 Å². The Morgan fingerprint density at radius 3 is 2.61 bits per heavy atom. The zero-order valence-corrected chi connectivity index (χ0v) is 17.7. The number of nitrogens with one attached hydrogen (secondary N) is 2. The summed E-state index contributed by atoms with van der Waals surface area (Å²) in [5, 5.41) is 5.83. The molecule has 2 fully saturated rings. The van der Waals surface area contributed by atoms with Crippen molar-refractivity contribution in [3.05, 3.63) is 60.2 Å². The van der Waals surface area contributed by atoms with Gasteiger partial charge in [-0.05, 0) is 42.8 Å². The summed E-state index contributed by atoms with van der Waals surface area (Å²) in [7, 11) is 0. The van der Waals surface area contributed by atoms with E-state index in [1.54, 1.807) is 0 Å². The third-order valence-electron chi connectivity index (χ3n) is 5.42. The molecule has 0 saturated carbocycles. The van der Waals surface area contributed by atoms with E-state index < -0.39 is 0 Å². The maximum Gasteiger partial charge on any atom is 0.319 e. The molecule has 4 rings (SSSR count). The average molecular weight is 421 g/mol. The number of anilines is 1. The minimum absolute atomic E-state index is 0.000296. The fourth-order valence-electron chi connectivity index (χ4n) is 3.75. The summed E-state index contributed by atoms with van der Waals surface area (Å²) < 4.78 is 17.5. The number of hydrogen-bond acceptors (Lipinski definition) is 4. The molecule has 2 heterocycles. The van der Waals surface area contributed by atoms with Crippen LogP contribution in [0.3, 0.4) is 0 Å². The Bertz CT molecular complexity index is 920. The van der Waals surface area contributed by atoms with E-state index in [1.165, 1.54) is 0 Å². The van der Waals surface area contributed by atoms with Gasteiger partial charge >= 0.3 is 6.03 Å². The van der Waals surface area contributed by atoms with Crippen LogP contribution in [-0.4, -0.2) is 44.1 Å². The Morgan fingerprint density at radius 1 is 1.06 bits per heavy atom. The number of rotatable bonds is 6. The molecule has 2 amide bonds. The number of hydrogen-bond donors (Lipinski definition) is 2. The van der Waals surface area contributed by atoms with E-state index in [0.29, 0.717) is 25.5 Å². The molecule has 2 aliphatic rings. The third-order valence-corrected chi connectivity index (χ3v) is 5.42. The second-order valence-electron chi connectivity index (χ2n) is 7.77. The van der Waals surface area contributed by atoms with Crippen molar-refractivity contribution >= 4 is 11.7 Å². The van der Waals surface area contributed by atoms with Crippen LogP contribution >= 0.6 is 0 Å². The van der Waals surface area contributed by atoms with E-state index in [-0.39, 0.29) is 30.2 Å². The Morgan fingerprint density at radius 2 is 1.84 bits per heavy atom. The Kier molecular flexibility index (Phi) is 7.08. The predicted octanol–water partition coefficient (Wildman–Crippen LogP) is 3.82. The average Bonchev–Trinajstić information content (AvgIpc) is 3.37. The Hall–Kier alpha value is -3.01. The predicted molar refractivity (Wildman–Crippen MR) is 119 cm³/mol. The van der Waals surface area contributed by atoms with Gasteiger partial charge in [0.15, 0.2) is 0 Å². The minimum Gasteiger partial charge on any atom is -0.494 e. The summed E-state index contributed by atoms with van der Waals surface area (Å²) in [5.74, 6) is 7.25. The van der Waals surface area contributed by atoms with Gasteiger partial charge in [0, 0.05) is 11.3 Å². The SMILES string of the molecule is CCCCOc1ccc(NC(=O)N[C@H]2COC3C2OC[C@H]3C#Cc2ccccc2)cc1. The Balaban J connectivity index is 1.27. The van der Waals surface area contributed by atoms with Crippen LogP contribution in [0.15, 0.2) is 54.6 Å². The quantitative estimate of drug-likeness (QED) is 0.551. The number of unbranched alkanes of at least 4 members (excludes halogenated alkanes) is 1. The van der Waals surface area contributed by atoms with Crippen LogP contribution in [0.4, 0.5) is 10.5 Å². The molecular weight excluding hydrogens is 392 g/mol. The second kappa shape index (κ2) is 10.3. The van der Waals surface area contributed by atoms with Gasteiger partial charge < -0.3 is 24.8 Å². The standard InChI is InChI=1S/C25H28N2O4/c1-2-3-15-29-21-13-11-20(12-14-21)26-25(28)27-22-17-31-23-19(16-30-24(22)23)10-9-18-7-5-4-6-8-18/h4-8,11-14,19,22-24H,2-3,15-17H2,1H3,(H2,26,27,28)/t19-,22+,23?,24?/m1/s1. The zero-order chi connectivity index (χ0) is 21.5. The van der Waals surface area contributed by atoms with Gasteiger partial charge in [0.2, 0.25) is 0 Å². The smallest absolute Gasteiger partial charge is 0.319 e. The normalized spacial score (nSPS) is 24.0. The van der Waals surface area contributed by atoms with Crippen LogP contribution in [0.25, 0.3) is 0 Å². The minimum atomic E-state index is -0.281. The Labute approximate surface area is 183 Å². The number of carbonyl (C=O) groups is 1. The van der Waals surface area contributed by atoms with Gasteiger partial charge in [-0.15, -0.1) is 0 Å². The summed E-state index contributed by atoms with van der Waals surface area (Å²) in [5.41, 5.74) is 1.68. The van der Waals surface area contributed by atoms with Crippen LogP contribution < -0.4 is 15.4 Å². The van der Waals surface area contributed by atoms with Gasteiger partial charge in [-0.3, -0.25) is 0 Å². The number of fused-ring (bicyclic) bond motifs is 1. The number of ether oxygens (including phenoxy) is 3. The fraction of sp³-hybridized carbons (Fsp3) is 0.400. The molecular formula is C25H28N2O4. The first-order chi connectivity index (χ1) is 15.2. The maximum absolute atomic E-state index is 12.5. The summed E-state index contributed by atoms with van der Waals surface area (Å²) in [6, 6.07) is 16.8. The van der Waals surface area contributed by atoms with Crippen LogP contribution in [0, 0.1) is 17.8 Å². The molecule has 2 unspecified atom stereocenters. The summed E-state index contributed by atoms with van der Waals surface area (Å²) in [6.07, 6.45) is 1.81. The highest BCUT2D eigenvalue weighted by Gasteiger charge is 2.47. The molecule has 0 aliphatic carbocycles. The molecule has 0 spiro atoms. The van der Waals surface area contributed by atoms with Gasteiger partial charge in [0.05, 0.1) is 31.8 Å². The van der Waals surface area contributed by atoms with Gasteiger partial charge in [-0.1, -0.05) is 43.4 Å². The molecule has 2 N–H and O–H groups in total. The van der Waals surface area contributed by atoms with Crippen molar-refractivity contribution in [1.29, 1.82) is 0 Å². The first-order valence-corrected chi connectivity index (χ1v) is 10.8. The maximum atomic E-state index is 12.5.